The molecule has 0 heterocycles. The van der Waals surface area contributed by atoms with Gasteiger partial charge in [0.1, 0.15) is 11.6 Å². The van der Waals surface area contributed by atoms with Crippen LogP contribution in [0.25, 0.3) is 11.1 Å². The number of nitrogens with one attached hydrogen (secondary N) is 3. The van der Waals surface area contributed by atoms with Crippen molar-refractivity contribution < 1.29 is 9.90 Å². The molecule has 7 nitrogen and oxygen atoms in total. The van der Waals surface area contributed by atoms with Crippen LogP contribution >= 0.6 is 11.6 Å². The van der Waals surface area contributed by atoms with Crippen LogP contribution in [0.5, 0.6) is 5.75 Å². The van der Waals surface area contributed by atoms with Crippen LogP contribution in [0.3, 0.4) is 0 Å². The Morgan fingerprint density at radius 1 is 1.16 bits per heavy atom. The normalized spacial score (nSPS) is 10.5. The zero-order valence-corrected chi connectivity index (χ0v) is 17.8. The van der Waals surface area contributed by atoms with E-state index in [4.69, 9.17) is 28.5 Å². The van der Waals surface area contributed by atoms with Gasteiger partial charge in [-0.05, 0) is 29.3 Å². The van der Waals surface area contributed by atoms with Crippen LogP contribution in [0.2, 0.25) is 5.02 Å². The number of benzene rings is 3. The Morgan fingerprint density at radius 3 is 2.48 bits per heavy atom. The van der Waals surface area contributed by atoms with Gasteiger partial charge in [0, 0.05) is 36.0 Å². The highest BCUT2D eigenvalue weighted by Gasteiger charge is 2.20. The lowest BCUT2D eigenvalue weighted by atomic mass is 9.95. The molecule has 3 aromatic rings. The van der Waals surface area contributed by atoms with Crippen molar-refractivity contribution in [3.63, 3.8) is 0 Å². The molecule has 0 radical (unpaired) electrons. The fourth-order valence-corrected chi connectivity index (χ4v) is 3.62. The van der Waals surface area contributed by atoms with Gasteiger partial charge in [-0.3, -0.25) is 10.2 Å². The predicted molar refractivity (Wildman–Crippen MR) is 126 cm³/mol. The topological polar surface area (TPSA) is 137 Å². The summed E-state index contributed by atoms with van der Waals surface area (Å²) in [6.07, 6.45) is -0.0727. The highest BCUT2D eigenvalue weighted by atomic mass is 35.5. The van der Waals surface area contributed by atoms with Gasteiger partial charge < -0.3 is 27.2 Å². The smallest absolute Gasteiger partial charge is 0.224 e. The van der Waals surface area contributed by atoms with E-state index in [1.807, 2.05) is 6.07 Å². The van der Waals surface area contributed by atoms with Crippen molar-refractivity contribution >= 4 is 34.7 Å². The number of nitrogen functional groups attached to an aromatic ring is 2. The summed E-state index contributed by atoms with van der Waals surface area (Å²) in [5.74, 6) is -0.327. The molecule has 0 saturated carbocycles. The lowest BCUT2D eigenvalue weighted by Gasteiger charge is -2.17. The van der Waals surface area contributed by atoms with Crippen molar-refractivity contribution in [2.24, 2.45) is 5.73 Å². The summed E-state index contributed by atoms with van der Waals surface area (Å²) < 4.78 is 0. The van der Waals surface area contributed by atoms with Crippen molar-refractivity contribution in [1.29, 1.82) is 5.41 Å². The molecule has 160 valence electrons. The summed E-state index contributed by atoms with van der Waals surface area (Å²) >= 11 is 6.52. The van der Waals surface area contributed by atoms with Crippen LogP contribution in [0.15, 0.2) is 54.6 Å². The third-order valence-corrected chi connectivity index (χ3v) is 5.19. The van der Waals surface area contributed by atoms with Crippen LogP contribution in [-0.2, 0) is 17.8 Å². The van der Waals surface area contributed by atoms with Gasteiger partial charge in [-0.25, -0.2) is 0 Å². The maximum absolute atomic E-state index is 12.7. The molecule has 0 spiro atoms. The number of amides is 1. The highest BCUT2D eigenvalue weighted by Crippen LogP contribution is 2.42. The van der Waals surface area contributed by atoms with E-state index in [1.54, 1.807) is 55.6 Å². The molecular weight excluding hydrogens is 414 g/mol. The van der Waals surface area contributed by atoms with Crippen LogP contribution in [0.1, 0.15) is 16.7 Å². The lowest BCUT2D eigenvalue weighted by Crippen LogP contribution is -2.25. The molecule has 0 aliphatic heterocycles. The Labute approximate surface area is 185 Å². The average Bonchev–Trinajstić information content (AvgIpc) is 2.75. The van der Waals surface area contributed by atoms with Gasteiger partial charge in [0.05, 0.1) is 17.1 Å². The van der Waals surface area contributed by atoms with E-state index in [0.717, 1.165) is 5.56 Å². The van der Waals surface area contributed by atoms with E-state index in [2.05, 4.69) is 10.6 Å². The Balaban J connectivity index is 1.86. The minimum absolute atomic E-state index is 0.0126. The molecule has 8 heteroatoms. The van der Waals surface area contributed by atoms with Crippen LogP contribution in [0, 0.1) is 5.41 Å². The third-order valence-electron chi connectivity index (χ3n) is 4.89. The standard InChI is InChI=1S/C23H24ClN5O2/c1-28-19-11-18(24)21(15-3-2-4-16(25)9-15)17(22(19)31)10-20(30)29-12-13-5-7-14(8-6-13)23(26)27/h2-9,11,28,31H,10,12,25H2,1H3,(H3,26,27)(H,29,30). The second kappa shape index (κ2) is 9.40. The molecular formula is C23H24ClN5O2. The number of phenolic OH excluding ortho intramolecular Hbond substituents is 1. The van der Waals surface area contributed by atoms with Crippen LogP contribution < -0.4 is 22.1 Å². The molecule has 0 aromatic heterocycles. The van der Waals surface area contributed by atoms with Gasteiger partial charge in [-0.2, -0.15) is 0 Å². The zero-order chi connectivity index (χ0) is 22.5. The molecule has 0 fully saturated rings. The number of amidine groups is 1. The van der Waals surface area contributed by atoms with Gasteiger partial charge in [0.15, 0.2) is 0 Å². The number of anilines is 2. The number of nitrogens with two attached hydrogens (primary N) is 2. The zero-order valence-electron chi connectivity index (χ0n) is 17.0. The summed E-state index contributed by atoms with van der Waals surface area (Å²) in [5, 5.41) is 24.4. The average molecular weight is 438 g/mol. The van der Waals surface area contributed by atoms with E-state index in [-0.39, 0.29) is 23.9 Å². The van der Waals surface area contributed by atoms with E-state index in [1.165, 1.54) is 0 Å². The highest BCUT2D eigenvalue weighted by molar-refractivity contribution is 6.34. The van der Waals surface area contributed by atoms with E-state index >= 15 is 0 Å². The van der Waals surface area contributed by atoms with Crippen molar-refractivity contribution in [2.75, 3.05) is 18.1 Å². The van der Waals surface area contributed by atoms with Crippen LogP contribution in [0.4, 0.5) is 11.4 Å². The van der Waals surface area contributed by atoms with Crippen molar-refractivity contribution in [1.82, 2.24) is 5.32 Å². The lowest BCUT2D eigenvalue weighted by molar-refractivity contribution is -0.120. The number of carbonyl (C=O) groups excluding carboxylic acids is 1. The minimum Gasteiger partial charge on any atom is -0.505 e. The quantitative estimate of drug-likeness (QED) is 0.145. The number of hydrogen-bond acceptors (Lipinski definition) is 5. The van der Waals surface area contributed by atoms with Gasteiger partial charge in [-0.1, -0.05) is 48.0 Å². The fraction of sp³-hybridized carbons (Fsp3) is 0.130. The number of carbonyl (C=O) groups is 1. The van der Waals surface area contributed by atoms with E-state index in [0.29, 0.717) is 45.2 Å². The number of phenols is 1. The Hall–Kier alpha value is -3.71. The van der Waals surface area contributed by atoms with Gasteiger partial charge in [-0.15, -0.1) is 0 Å². The molecule has 3 rings (SSSR count). The number of halogens is 1. The van der Waals surface area contributed by atoms with Gasteiger partial charge in [0.2, 0.25) is 5.91 Å². The summed E-state index contributed by atoms with van der Waals surface area (Å²) in [7, 11) is 1.67. The molecule has 0 aliphatic carbocycles. The number of hydrogen-bond donors (Lipinski definition) is 6. The molecule has 3 aromatic carbocycles. The summed E-state index contributed by atoms with van der Waals surface area (Å²) in [5.41, 5.74) is 15.5. The molecule has 0 atom stereocenters. The molecule has 0 bridgehead atoms. The fourth-order valence-electron chi connectivity index (χ4n) is 3.29. The first-order chi connectivity index (χ1) is 14.8. The summed E-state index contributed by atoms with van der Waals surface area (Å²) in [4.78, 5) is 12.7. The Kier molecular flexibility index (Phi) is 6.67. The second-order valence-corrected chi connectivity index (χ2v) is 7.45. The number of rotatable bonds is 7. The Morgan fingerprint density at radius 2 is 1.87 bits per heavy atom. The molecule has 8 N–H and O–H groups in total. The monoisotopic (exact) mass is 437 g/mol. The first-order valence-electron chi connectivity index (χ1n) is 9.58. The molecule has 0 saturated heterocycles. The van der Waals surface area contributed by atoms with Crippen molar-refractivity contribution in [2.45, 2.75) is 13.0 Å². The largest absolute Gasteiger partial charge is 0.505 e. The molecule has 1 amide bonds. The van der Waals surface area contributed by atoms with Crippen molar-refractivity contribution in [3.8, 4) is 16.9 Å². The van der Waals surface area contributed by atoms with Crippen LogP contribution in [-0.4, -0.2) is 23.9 Å². The maximum atomic E-state index is 12.7. The molecule has 0 aliphatic rings. The summed E-state index contributed by atoms with van der Waals surface area (Å²) in [6, 6.07) is 15.8. The first-order valence-corrected chi connectivity index (χ1v) is 9.96. The Bertz CT molecular complexity index is 1130. The number of aromatic hydroxyl groups is 1. The second-order valence-electron chi connectivity index (χ2n) is 7.05. The van der Waals surface area contributed by atoms with E-state index in [9.17, 15) is 9.90 Å². The third kappa shape index (κ3) is 5.07. The molecule has 0 unspecified atom stereocenters. The minimum atomic E-state index is -0.277. The van der Waals surface area contributed by atoms with Gasteiger partial charge in [0.25, 0.3) is 0 Å². The molecule has 31 heavy (non-hydrogen) atoms. The van der Waals surface area contributed by atoms with Crippen molar-refractivity contribution in [3.05, 3.63) is 76.3 Å². The predicted octanol–water partition coefficient (Wildman–Crippen LogP) is 3.48. The van der Waals surface area contributed by atoms with E-state index < -0.39 is 0 Å². The maximum Gasteiger partial charge on any atom is 0.224 e. The van der Waals surface area contributed by atoms with Gasteiger partial charge >= 0.3 is 0 Å². The first kappa shape index (κ1) is 22.0. The summed E-state index contributed by atoms with van der Waals surface area (Å²) in [6.45, 7) is 0.296. The SMILES string of the molecule is CNc1cc(Cl)c(-c2cccc(N)c2)c(CC(=O)NCc2ccc(C(=N)N)cc2)c1O.